The molecule has 1 aliphatic heterocycles. The van der Waals surface area contributed by atoms with Gasteiger partial charge in [0.15, 0.2) is 5.13 Å². The van der Waals surface area contributed by atoms with E-state index in [0.717, 1.165) is 23.1 Å². The molecule has 2 aromatic rings. The molecule has 20 heavy (non-hydrogen) atoms. The van der Waals surface area contributed by atoms with Crippen molar-refractivity contribution in [1.29, 1.82) is 0 Å². The summed E-state index contributed by atoms with van der Waals surface area (Å²) >= 11 is 1.47. The quantitative estimate of drug-likeness (QED) is 0.906. The zero-order valence-electron chi connectivity index (χ0n) is 11.0. The van der Waals surface area contributed by atoms with Crippen molar-refractivity contribution in [3.63, 3.8) is 0 Å². The minimum Gasteiger partial charge on any atom is -0.381 e. The second kappa shape index (κ2) is 5.87. The van der Waals surface area contributed by atoms with Crippen LogP contribution in [-0.4, -0.2) is 30.1 Å². The minimum absolute atomic E-state index is 0.157. The molecule has 1 aromatic carbocycles. The molecule has 1 atom stereocenters. The van der Waals surface area contributed by atoms with Crippen LogP contribution in [0.2, 0.25) is 0 Å². The molecule has 0 spiro atoms. The molecule has 1 amide bonds. The predicted octanol–water partition coefficient (Wildman–Crippen LogP) is 1.99. The van der Waals surface area contributed by atoms with Gasteiger partial charge in [-0.15, -0.1) is 0 Å². The number of fused-ring (bicyclic) bond motifs is 1. The fraction of sp³-hybridized carbons (Fsp3) is 0.429. The molecule has 1 unspecified atom stereocenters. The fourth-order valence-electron chi connectivity index (χ4n) is 2.40. The molecule has 3 rings (SSSR count). The number of amides is 1. The topological polar surface area (TPSA) is 77.2 Å². The summed E-state index contributed by atoms with van der Waals surface area (Å²) in [6.45, 7) is 1.37. The summed E-state index contributed by atoms with van der Waals surface area (Å²) in [4.78, 5) is 16.6. The van der Waals surface area contributed by atoms with Gasteiger partial charge >= 0.3 is 0 Å². The fourth-order valence-corrected chi connectivity index (χ4v) is 3.27. The maximum absolute atomic E-state index is 12.2. The molecule has 3 N–H and O–H groups in total. The second-order valence-electron chi connectivity index (χ2n) is 4.95. The van der Waals surface area contributed by atoms with Crippen molar-refractivity contribution in [2.45, 2.75) is 18.9 Å². The number of anilines is 1. The Morgan fingerprint density at radius 2 is 2.15 bits per heavy atom. The molecule has 1 saturated heterocycles. The zero-order valence-corrected chi connectivity index (χ0v) is 11.9. The first-order valence-electron chi connectivity index (χ1n) is 6.74. The summed E-state index contributed by atoms with van der Waals surface area (Å²) in [5, 5.41) is 3.44. The van der Waals surface area contributed by atoms with Crippen LogP contribution in [0.15, 0.2) is 24.3 Å². The van der Waals surface area contributed by atoms with Gasteiger partial charge in [0, 0.05) is 13.2 Å². The largest absolute Gasteiger partial charge is 0.381 e. The lowest BCUT2D eigenvalue weighted by molar-refractivity contribution is -0.119. The van der Waals surface area contributed by atoms with Crippen LogP contribution in [0.3, 0.4) is 0 Å². The van der Waals surface area contributed by atoms with Crippen LogP contribution in [0, 0.1) is 5.92 Å². The third-order valence-electron chi connectivity index (χ3n) is 3.60. The number of nitrogens with one attached hydrogen (secondary N) is 1. The third kappa shape index (κ3) is 2.82. The van der Waals surface area contributed by atoms with E-state index in [9.17, 15) is 4.79 Å². The van der Waals surface area contributed by atoms with E-state index in [1.807, 2.05) is 24.3 Å². The maximum Gasteiger partial charge on any atom is 0.243 e. The average molecular weight is 291 g/mol. The lowest BCUT2D eigenvalue weighted by Crippen LogP contribution is -2.43. The number of benzene rings is 1. The number of para-hydroxylation sites is 1. The maximum atomic E-state index is 12.2. The summed E-state index contributed by atoms with van der Waals surface area (Å²) in [7, 11) is 0. The smallest absolute Gasteiger partial charge is 0.243 e. The van der Waals surface area contributed by atoms with Gasteiger partial charge in [-0.1, -0.05) is 23.5 Å². The van der Waals surface area contributed by atoms with E-state index in [4.69, 9.17) is 10.5 Å². The van der Waals surface area contributed by atoms with Gasteiger partial charge in [-0.05, 0) is 30.9 Å². The lowest BCUT2D eigenvalue weighted by atomic mass is 9.92. The van der Waals surface area contributed by atoms with Crippen LogP contribution < -0.4 is 11.1 Å². The molecule has 1 aromatic heterocycles. The highest BCUT2D eigenvalue weighted by atomic mass is 32.1. The Bertz CT molecular complexity index is 574. The number of carbonyl (C=O) groups excluding carboxylic acids is 1. The van der Waals surface area contributed by atoms with Crippen LogP contribution in [0.4, 0.5) is 5.13 Å². The van der Waals surface area contributed by atoms with Crippen LogP contribution in [0.25, 0.3) is 10.2 Å². The van der Waals surface area contributed by atoms with Crippen molar-refractivity contribution < 1.29 is 9.53 Å². The predicted molar refractivity (Wildman–Crippen MR) is 79.8 cm³/mol. The summed E-state index contributed by atoms with van der Waals surface area (Å²) in [6.07, 6.45) is 1.68. The molecule has 0 bridgehead atoms. The first kappa shape index (κ1) is 13.5. The van der Waals surface area contributed by atoms with E-state index in [0.29, 0.717) is 18.3 Å². The Balaban J connectivity index is 1.68. The monoisotopic (exact) mass is 291 g/mol. The summed E-state index contributed by atoms with van der Waals surface area (Å²) in [5.41, 5.74) is 6.94. The number of hydrogen-bond acceptors (Lipinski definition) is 5. The Morgan fingerprint density at radius 3 is 2.90 bits per heavy atom. The molecular weight excluding hydrogens is 274 g/mol. The Kier molecular flexibility index (Phi) is 3.95. The normalized spacial score (nSPS) is 18.1. The van der Waals surface area contributed by atoms with E-state index < -0.39 is 6.04 Å². The number of nitrogens with zero attached hydrogens (tertiary/aromatic N) is 1. The van der Waals surface area contributed by atoms with Crippen molar-refractivity contribution in [3.05, 3.63) is 24.3 Å². The van der Waals surface area contributed by atoms with Crippen molar-refractivity contribution in [2.24, 2.45) is 11.7 Å². The van der Waals surface area contributed by atoms with E-state index in [1.165, 1.54) is 11.3 Å². The van der Waals surface area contributed by atoms with Crippen molar-refractivity contribution >= 4 is 32.6 Å². The Morgan fingerprint density at radius 1 is 1.40 bits per heavy atom. The SMILES string of the molecule is NC(C(=O)Nc1nc2ccccc2s1)C1CCOCC1. The van der Waals surface area contributed by atoms with Gasteiger partial charge < -0.3 is 15.8 Å². The summed E-state index contributed by atoms with van der Waals surface area (Å²) in [6, 6.07) is 7.31. The number of thiazole rings is 1. The van der Waals surface area contributed by atoms with Gasteiger partial charge in [0.1, 0.15) is 0 Å². The van der Waals surface area contributed by atoms with Crippen LogP contribution >= 0.6 is 11.3 Å². The Labute approximate surface area is 121 Å². The standard InChI is InChI=1S/C14H17N3O2S/c15-12(9-5-7-19-8-6-9)13(18)17-14-16-10-3-1-2-4-11(10)20-14/h1-4,9,12H,5-8,15H2,(H,16,17,18). The van der Waals surface area contributed by atoms with E-state index in [2.05, 4.69) is 10.3 Å². The number of nitrogens with two attached hydrogens (primary N) is 1. The average Bonchev–Trinajstić information content (AvgIpc) is 2.89. The van der Waals surface area contributed by atoms with Crippen LogP contribution in [0.5, 0.6) is 0 Å². The number of aromatic nitrogens is 1. The number of rotatable bonds is 3. The highest BCUT2D eigenvalue weighted by Crippen LogP contribution is 2.26. The highest BCUT2D eigenvalue weighted by Gasteiger charge is 2.27. The van der Waals surface area contributed by atoms with Crippen molar-refractivity contribution in [3.8, 4) is 0 Å². The zero-order chi connectivity index (χ0) is 13.9. The van der Waals surface area contributed by atoms with Crippen molar-refractivity contribution in [2.75, 3.05) is 18.5 Å². The molecule has 1 aliphatic rings. The number of carbonyl (C=O) groups is 1. The lowest BCUT2D eigenvalue weighted by Gasteiger charge is -2.26. The molecule has 6 heteroatoms. The van der Waals surface area contributed by atoms with E-state index in [1.54, 1.807) is 0 Å². The first-order valence-corrected chi connectivity index (χ1v) is 7.55. The minimum atomic E-state index is -0.495. The summed E-state index contributed by atoms with van der Waals surface area (Å²) in [5.74, 6) is 0.0362. The van der Waals surface area contributed by atoms with E-state index in [-0.39, 0.29) is 11.8 Å². The molecule has 0 radical (unpaired) electrons. The molecular formula is C14H17N3O2S. The van der Waals surface area contributed by atoms with Crippen LogP contribution in [0.1, 0.15) is 12.8 Å². The molecule has 2 heterocycles. The van der Waals surface area contributed by atoms with Gasteiger partial charge in [0.25, 0.3) is 0 Å². The number of ether oxygens (including phenoxy) is 1. The second-order valence-corrected chi connectivity index (χ2v) is 5.98. The molecule has 0 saturated carbocycles. The Hall–Kier alpha value is -1.50. The van der Waals surface area contributed by atoms with Crippen LogP contribution in [-0.2, 0) is 9.53 Å². The van der Waals surface area contributed by atoms with Gasteiger partial charge in [0.2, 0.25) is 5.91 Å². The molecule has 106 valence electrons. The first-order chi connectivity index (χ1) is 9.74. The highest BCUT2D eigenvalue weighted by molar-refractivity contribution is 7.22. The number of hydrogen-bond donors (Lipinski definition) is 2. The van der Waals surface area contributed by atoms with Gasteiger partial charge in [-0.25, -0.2) is 4.98 Å². The van der Waals surface area contributed by atoms with Gasteiger partial charge in [-0.2, -0.15) is 0 Å². The summed E-state index contributed by atoms with van der Waals surface area (Å²) < 4.78 is 6.35. The van der Waals surface area contributed by atoms with Crippen molar-refractivity contribution in [1.82, 2.24) is 4.98 Å². The van der Waals surface area contributed by atoms with Gasteiger partial charge in [0.05, 0.1) is 16.3 Å². The molecule has 0 aliphatic carbocycles. The van der Waals surface area contributed by atoms with E-state index >= 15 is 0 Å². The van der Waals surface area contributed by atoms with Gasteiger partial charge in [-0.3, -0.25) is 4.79 Å². The third-order valence-corrected chi connectivity index (χ3v) is 4.55. The molecule has 1 fully saturated rings. The molecule has 5 nitrogen and oxygen atoms in total.